The summed E-state index contributed by atoms with van der Waals surface area (Å²) in [5.41, 5.74) is 11.0. The number of aryl methyl sites for hydroxylation is 1. The quantitative estimate of drug-likeness (QED) is 0.232. The van der Waals surface area contributed by atoms with E-state index in [0.717, 1.165) is 38.3 Å². The molecule has 174 valence electrons. The molecule has 0 saturated heterocycles. The Kier molecular flexibility index (Phi) is 5.00. The summed E-state index contributed by atoms with van der Waals surface area (Å²) in [6.45, 7) is 1.92. The summed E-state index contributed by atoms with van der Waals surface area (Å²) >= 11 is 1.66. The number of rotatable bonds is 5. The van der Waals surface area contributed by atoms with Gasteiger partial charge in [-0.25, -0.2) is 9.97 Å². The first-order valence-electron chi connectivity index (χ1n) is 11.1. The van der Waals surface area contributed by atoms with E-state index in [1.807, 2.05) is 72.8 Å². The largest absolute Gasteiger partial charge is 0.446 e. The monoisotopic (exact) mass is 482 g/mol. The van der Waals surface area contributed by atoms with E-state index in [4.69, 9.17) is 10.2 Å². The van der Waals surface area contributed by atoms with Crippen molar-refractivity contribution in [1.29, 1.82) is 0 Å². The molecule has 0 amide bonds. The van der Waals surface area contributed by atoms with Gasteiger partial charge in [0.2, 0.25) is 11.7 Å². The number of thioether (sulfide) groups is 1. The van der Waals surface area contributed by atoms with Gasteiger partial charge < -0.3 is 25.0 Å². The fourth-order valence-electron chi connectivity index (χ4n) is 4.33. The van der Waals surface area contributed by atoms with Gasteiger partial charge in [0.15, 0.2) is 5.69 Å². The van der Waals surface area contributed by atoms with Gasteiger partial charge >= 0.3 is 0 Å². The Morgan fingerprint density at radius 3 is 2.86 bits per heavy atom. The second-order valence-electron chi connectivity index (χ2n) is 8.40. The van der Waals surface area contributed by atoms with Gasteiger partial charge in [0.05, 0.1) is 16.7 Å². The van der Waals surface area contributed by atoms with Crippen molar-refractivity contribution < 1.29 is 9.21 Å². The van der Waals surface area contributed by atoms with Crippen LogP contribution in [-0.4, -0.2) is 32.0 Å². The third-order valence-electron chi connectivity index (χ3n) is 6.02. The number of carbonyl (C=O) groups excluding carboxylic acids is 1. The maximum absolute atomic E-state index is 13.2. The van der Waals surface area contributed by atoms with E-state index in [0.29, 0.717) is 17.3 Å². The Morgan fingerprint density at radius 1 is 1.11 bits per heavy atom. The Labute approximate surface area is 204 Å². The molecule has 1 unspecified atom stereocenters. The lowest BCUT2D eigenvalue weighted by atomic mass is 10.1. The molecule has 1 aliphatic rings. The highest BCUT2D eigenvalue weighted by molar-refractivity contribution is 7.98. The fraction of sp³-hybridized carbons (Fsp3) is 0.115. The SMILES string of the molecule is CSc1ccc2[nH]c(C(=O)c3coc(C4C=CC(N)=CN4c4ccc5nc(C)[nH]c5c4)n3)cc2c1. The number of fused-ring (bicyclic) bond motifs is 2. The van der Waals surface area contributed by atoms with Gasteiger partial charge in [0.1, 0.15) is 18.1 Å². The van der Waals surface area contributed by atoms with Gasteiger partial charge in [-0.3, -0.25) is 4.79 Å². The maximum Gasteiger partial charge on any atom is 0.230 e. The summed E-state index contributed by atoms with van der Waals surface area (Å²) in [4.78, 5) is 31.8. The number of hydrogen-bond donors (Lipinski definition) is 3. The summed E-state index contributed by atoms with van der Waals surface area (Å²) in [7, 11) is 0. The Balaban J connectivity index is 1.32. The predicted octanol–water partition coefficient (Wildman–Crippen LogP) is 5.21. The lowest BCUT2D eigenvalue weighted by molar-refractivity contribution is 0.103. The van der Waals surface area contributed by atoms with Crippen molar-refractivity contribution >= 4 is 45.2 Å². The van der Waals surface area contributed by atoms with Crippen LogP contribution in [0.4, 0.5) is 5.69 Å². The second-order valence-corrected chi connectivity index (χ2v) is 9.28. The van der Waals surface area contributed by atoms with Crippen molar-refractivity contribution in [2.45, 2.75) is 17.9 Å². The number of H-pyrrole nitrogens is 2. The zero-order valence-corrected chi connectivity index (χ0v) is 19.9. The Morgan fingerprint density at radius 2 is 2.00 bits per heavy atom. The average molecular weight is 483 g/mol. The van der Waals surface area contributed by atoms with Crippen LogP contribution in [0.5, 0.6) is 0 Å². The van der Waals surface area contributed by atoms with Crippen LogP contribution < -0.4 is 10.6 Å². The molecular weight excluding hydrogens is 460 g/mol. The van der Waals surface area contributed by atoms with Crippen LogP contribution in [0.1, 0.15) is 33.9 Å². The highest BCUT2D eigenvalue weighted by Crippen LogP contribution is 2.33. The van der Waals surface area contributed by atoms with Gasteiger partial charge in [-0.1, -0.05) is 6.08 Å². The summed E-state index contributed by atoms with van der Waals surface area (Å²) in [6.07, 6.45) is 8.99. The van der Waals surface area contributed by atoms with E-state index in [-0.39, 0.29) is 17.5 Å². The summed E-state index contributed by atoms with van der Waals surface area (Å²) in [5, 5.41) is 0.982. The summed E-state index contributed by atoms with van der Waals surface area (Å²) in [5.74, 6) is 1.02. The number of nitrogens with two attached hydrogens (primary N) is 1. The number of aromatic amines is 2. The molecule has 0 radical (unpaired) electrons. The van der Waals surface area contributed by atoms with Crippen molar-refractivity contribution in [1.82, 2.24) is 19.9 Å². The maximum atomic E-state index is 13.2. The van der Waals surface area contributed by atoms with E-state index in [9.17, 15) is 4.79 Å². The van der Waals surface area contributed by atoms with Crippen molar-refractivity contribution in [2.75, 3.05) is 11.2 Å². The fourth-order valence-corrected chi connectivity index (χ4v) is 4.78. The normalized spacial score (nSPS) is 15.8. The third kappa shape index (κ3) is 3.79. The van der Waals surface area contributed by atoms with Gasteiger partial charge in [-0.2, -0.15) is 0 Å². The van der Waals surface area contributed by atoms with Crippen molar-refractivity contribution in [3.63, 3.8) is 0 Å². The molecule has 0 spiro atoms. The topological polar surface area (TPSA) is 117 Å². The molecule has 35 heavy (non-hydrogen) atoms. The molecule has 0 fully saturated rings. The van der Waals surface area contributed by atoms with Gasteiger partial charge in [0.25, 0.3) is 0 Å². The van der Waals surface area contributed by atoms with Crippen molar-refractivity contribution in [2.24, 2.45) is 5.73 Å². The molecule has 3 aromatic heterocycles. The number of imidazole rings is 1. The molecule has 4 heterocycles. The lowest BCUT2D eigenvalue weighted by Crippen LogP contribution is -2.26. The van der Waals surface area contributed by atoms with Crippen LogP contribution in [0, 0.1) is 6.92 Å². The highest BCUT2D eigenvalue weighted by Gasteiger charge is 2.27. The van der Waals surface area contributed by atoms with Crippen LogP contribution in [0.15, 0.2) is 82.1 Å². The number of hydrogen-bond acceptors (Lipinski definition) is 7. The number of benzene rings is 2. The number of allylic oxidation sites excluding steroid dienone is 1. The summed E-state index contributed by atoms with van der Waals surface area (Å²) in [6, 6.07) is 13.5. The van der Waals surface area contributed by atoms with Crippen LogP contribution >= 0.6 is 11.8 Å². The van der Waals surface area contributed by atoms with E-state index in [1.54, 1.807) is 11.8 Å². The van der Waals surface area contributed by atoms with Crippen LogP contribution in [0.3, 0.4) is 0 Å². The highest BCUT2D eigenvalue weighted by atomic mass is 32.2. The van der Waals surface area contributed by atoms with E-state index in [2.05, 4.69) is 26.0 Å². The lowest BCUT2D eigenvalue weighted by Gasteiger charge is -2.29. The zero-order valence-electron chi connectivity index (χ0n) is 19.1. The average Bonchev–Trinajstić information content (AvgIpc) is 3.59. The number of aromatic nitrogens is 4. The Hall–Kier alpha value is -4.24. The molecule has 0 saturated carbocycles. The van der Waals surface area contributed by atoms with Crippen molar-refractivity contribution in [3.05, 3.63) is 95.9 Å². The van der Waals surface area contributed by atoms with Gasteiger partial charge in [-0.05, 0) is 61.7 Å². The zero-order chi connectivity index (χ0) is 24.1. The number of anilines is 1. The van der Waals surface area contributed by atoms with E-state index >= 15 is 0 Å². The number of nitrogens with one attached hydrogen (secondary N) is 2. The van der Waals surface area contributed by atoms with Gasteiger partial charge in [-0.15, -0.1) is 11.8 Å². The minimum atomic E-state index is -0.364. The van der Waals surface area contributed by atoms with Crippen LogP contribution in [0.2, 0.25) is 0 Å². The molecule has 6 rings (SSSR count). The predicted molar refractivity (Wildman–Crippen MR) is 137 cm³/mol. The van der Waals surface area contributed by atoms with E-state index in [1.165, 1.54) is 6.26 Å². The van der Waals surface area contributed by atoms with Crippen molar-refractivity contribution in [3.8, 4) is 0 Å². The number of ketones is 1. The Bertz CT molecular complexity index is 1660. The molecule has 9 heteroatoms. The minimum Gasteiger partial charge on any atom is -0.446 e. The van der Waals surface area contributed by atoms with Crippen LogP contribution in [0.25, 0.3) is 21.9 Å². The smallest absolute Gasteiger partial charge is 0.230 e. The molecular formula is C26H22N6O2S. The number of carbonyl (C=O) groups is 1. The summed E-state index contributed by atoms with van der Waals surface area (Å²) < 4.78 is 5.80. The molecule has 0 aliphatic carbocycles. The molecule has 5 aromatic rings. The molecule has 0 bridgehead atoms. The first-order chi connectivity index (χ1) is 17.0. The first kappa shape index (κ1) is 21.3. The molecule has 2 aromatic carbocycles. The first-order valence-corrected chi connectivity index (χ1v) is 12.3. The number of nitrogens with zero attached hydrogens (tertiary/aromatic N) is 3. The third-order valence-corrected chi connectivity index (χ3v) is 6.75. The molecule has 4 N–H and O–H groups in total. The standard InChI is InChI=1S/C26H22N6O2S/c1-14-28-20-6-4-17(11-21(20)29-14)32-12-16(27)3-8-24(32)26-31-23(13-34-26)25(33)22-10-15-9-18(35-2)5-7-19(15)30-22/h3-13,24,30H,27H2,1-2H3,(H,28,29). The molecule has 1 aliphatic heterocycles. The molecule has 1 atom stereocenters. The molecule has 8 nitrogen and oxygen atoms in total. The minimum absolute atomic E-state index is 0.224. The van der Waals surface area contributed by atoms with Gasteiger partial charge in [0, 0.05) is 33.4 Å². The number of oxazole rings is 1. The van der Waals surface area contributed by atoms with Crippen LogP contribution in [-0.2, 0) is 0 Å². The second kappa shape index (κ2) is 8.21. The van der Waals surface area contributed by atoms with E-state index < -0.39 is 0 Å².